The molecule has 0 aromatic heterocycles. The SMILES string of the molecule is O=S(=O)(F)C12CC(C(F)F)(C1)C2. The molecule has 0 amide bonds. The van der Waals surface area contributed by atoms with Crippen LogP contribution in [0.2, 0.25) is 0 Å². The van der Waals surface area contributed by atoms with Crippen molar-refractivity contribution in [3.8, 4) is 0 Å². The standard InChI is InChI=1S/C6H7F3O2S/c7-4(8)5-1-6(2-5,3-5)12(9,10)11/h4H,1-3H2. The molecule has 2 nitrogen and oxygen atoms in total. The molecule has 0 unspecified atom stereocenters. The van der Waals surface area contributed by atoms with E-state index in [0.717, 1.165) is 0 Å². The fraction of sp³-hybridized carbons (Fsp3) is 1.00. The Labute approximate surface area is 68.0 Å². The lowest BCUT2D eigenvalue weighted by Crippen LogP contribution is -2.72. The largest absolute Gasteiger partial charge is 0.308 e. The Kier molecular flexibility index (Phi) is 1.26. The lowest BCUT2D eigenvalue weighted by molar-refractivity contribution is -0.182. The maximum Gasteiger partial charge on any atom is 0.308 e. The summed E-state index contributed by atoms with van der Waals surface area (Å²) in [6.45, 7) is 0. The summed E-state index contributed by atoms with van der Waals surface area (Å²) in [6, 6.07) is 0. The highest BCUT2D eigenvalue weighted by atomic mass is 32.3. The zero-order chi connectivity index (χ0) is 9.20. The Morgan fingerprint density at radius 3 is 1.83 bits per heavy atom. The number of alkyl halides is 2. The van der Waals surface area contributed by atoms with E-state index in [1.54, 1.807) is 0 Å². The lowest BCUT2D eigenvalue weighted by Gasteiger charge is -2.66. The second kappa shape index (κ2) is 1.81. The molecular formula is C6H7F3O2S. The van der Waals surface area contributed by atoms with Gasteiger partial charge in [0, 0.05) is 5.41 Å². The number of rotatable bonds is 2. The van der Waals surface area contributed by atoms with Crippen LogP contribution >= 0.6 is 0 Å². The van der Waals surface area contributed by atoms with Gasteiger partial charge in [0.2, 0.25) is 6.43 Å². The predicted molar refractivity (Wildman–Crippen MR) is 35.0 cm³/mol. The van der Waals surface area contributed by atoms with Crippen molar-refractivity contribution in [2.45, 2.75) is 30.4 Å². The fourth-order valence-corrected chi connectivity index (χ4v) is 3.64. The Bertz CT molecular complexity index is 302. The Morgan fingerprint density at radius 2 is 1.58 bits per heavy atom. The summed E-state index contributed by atoms with van der Waals surface area (Å²) in [5.41, 5.74) is -1.17. The molecule has 0 aliphatic heterocycles. The van der Waals surface area contributed by atoms with E-state index < -0.39 is 26.8 Å². The van der Waals surface area contributed by atoms with Crippen LogP contribution in [0.25, 0.3) is 0 Å². The minimum atomic E-state index is -4.60. The van der Waals surface area contributed by atoms with E-state index in [-0.39, 0.29) is 19.3 Å². The van der Waals surface area contributed by atoms with E-state index in [9.17, 15) is 21.1 Å². The van der Waals surface area contributed by atoms with Crippen molar-refractivity contribution >= 4 is 10.2 Å². The van der Waals surface area contributed by atoms with Crippen molar-refractivity contribution in [2.75, 3.05) is 0 Å². The molecular weight excluding hydrogens is 193 g/mol. The zero-order valence-electron chi connectivity index (χ0n) is 6.06. The summed E-state index contributed by atoms with van der Waals surface area (Å²) in [5.74, 6) is 0. The predicted octanol–water partition coefficient (Wildman–Crippen LogP) is 1.47. The monoisotopic (exact) mass is 200 g/mol. The lowest BCUT2D eigenvalue weighted by atomic mass is 9.44. The smallest absolute Gasteiger partial charge is 0.210 e. The topological polar surface area (TPSA) is 34.1 Å². The molecule has 6 heteroatoms. The van der Waals surface area contributed by atoms with E-state index in [0.29, 0.717) is 0 Å². The van der Waals surface area contributed by atoms with E-state index in [2.05, 4.69) is 0 Å². The van der Waals surface area contributed by atoms with Gasteiger partial charge in [0.05, 0.1) is 0 Å². The van der Waals surface area contributed by atoms with Crippen LogP contribution in [-0.4, -0.2) is 19.6 Å². The average molecular weight is 200 g/mol. The van der Waals surface area contributed by atoms with E-state index in [4.69, 9.17) is 0 Å². The molecule has 3 aliphatic rings. The van der Waals surface area contributed by atoms with E-state index in [1.165, 1.54) is 0 Å². The van der Waals surface area contributed by atoms with Gasteiger partial charge in [-0.2, -0.15) is 8.42 Å². The van der Waals surface area contributed by atoms with Crippen LogP contribution < -0.4 is 0 Å². The van der Waals surface area contributed by atoms with Crippen molar-refractivity contribution in [1.82, 2.24) is 0 Å². The second-order valence-electron chi connectivity index (χ2n) is 3.81. The Balaban J connectivity index is 2.15. The molecule has 3 rings (SSSR count). The van der Waals surface area contributed by atoms with Gasteiger partial charge in [-0.05, 0) is 19.3 Å². The first-order valence-electron chi connectivity index (χ1n) is 3.54. The highest BCUT2D eigenvalue weighted by Crippen LogP contribution is 2.73. The van der Waals surface area contributed by atoms with Crippen LogP contribution in [0.3, 0.4) is 0 Å². The molecule has 0 N–H and O–H groups in total. The highest BCUT2D eigenvalue weighted by molar-refractivity contribution is 7.88. The molecule has 2 bridgehead atoms. The third kappa shape index (κ3) is 0.694. The molecule has 0 atom stereocenters. The summed E-state index contributed by atoms with van der Waals surface area (Å²) in [4.78, 5) is 0. The third-order valence-electron chi connectivity index (χ3n) is 3.00. The van der Waals surface area contributed by atoms with Crippen LogP contribution in [0, 0.1) is 5.41 Å². The van der Waals surface area contributed by atoms with Gasteiger partial charge in [-0.3, -0.25) is 0 Å². The molecule has 0 aromatic rings. The molecule has 0 heterocycles. The van der Waals surface area contributed by atoms with Crippen LogP contribution in [0.4, 0.5) is 12.7 Å². The molecule has 12 heavy (non-hydrogen) atoms. The molecule has 70 valence electrons. The Morgan fingerprint density at radius 1 is 1.17 bits per heavy atom. The molecule has 3 saturated carbocycles. The van der Waals surface area contributed by atoms with Crippen molar-refractivity contribution in [2.24, 2.45) is 5.41 Å². The summed E-state index contributed by atoms with van der Waals surface area (Å²) in [6.07, 6.45) is -3.11. The molecule has 3 aliphatic carbocycles. The first-order chi connectivity index (χ1) is 5.31. The van der Waals surface area contributed by atoms with Crippen LogP contribution in [0.5, 0.6) is 0 Å². The summed E-state index contributed by atoms with van der Waals surface area (Å²) < 4.78 is 56.1. The minimum Gasteiger partial charge on any atom is -0.210 e. The quantitative estimate of drug-likeness (QED) is 0.632. The van der Waals surface area contributed by atoms with Gasteiger partial charge >= 0.3 is 10.2 Å². The third-order valence-corrected chi connectivity index (χ3v) is 4.47. The zero-order valence-corrected chi connectivity index (χ0v) is 6.87. The first-order valence-corrected chi connectivity index (χ1v) is 4.92. The van der Waals surface area contributed by atoms with Gasteiger partial charge < -0.3 is 0 Å². The van der Waals surface area contributed by atoms with E-state index in [1.807, 2.05) is 0 Å². The molecule has 0 radical (unpaired) electrons. The van der Waals surface area contributed by atoms with Crippen molar-refractivity contribution in [3.63, 3.8) is 0 Å². The minimum absolute atomic E-state index is 0.198. The van der Waals surface area contributed by atoms with Gasteiger partial charge in [-0.15, -0.1) is 3.89 Å². The Hall–Kier alpha value is -0.260. The fourth-order valence-electron chi connectivity index (χ4n) is 2.26. The van der Waals surface area contributed by atoms with Crippen LogP contribution in [-0.2, 0) is 10.2 Å². The summed E-state index contributed by atoms with van der Waals surface area (Å²) >= 11 is 0. The second-order valence-corrected chi connectivity index (χ2v) is 5.56. The first kappa shape index (κ1) is 8.34. The molecule has 0 saturated heterocycles. The summed E-state index contributed by atoms with van der Waals surface area (Å²) in [5, 5.41) is 0. The number of hydrogen-bond acceptors (Lipinski definition) is 2. The molecule has 3 fully saturated rings. The molecule has 0 aromatic carbocycles. The molecule has 0 spiro atoms. The maximum atomic E-state index is 12.4. The van der Waals surface area contributed by atoms with Gasteiger partial charge in [0.15, 0.2) is 0 Å². The highest BCUT2D eigenvalue weighted by Gasteiger charge is 2.78. The van der Waals surface area contributed by atoms with Gasteiger partial charge in [0.1, 0.15) is 4.75 Å². The van der Waals surface area contributed by atoms with Gasteiger partial charge in [0.25, 0.3) is 0 Å². The van der Waals surface area contributed by atoms with Gasteiger partial charge in [-0.1, -0.05) is 0 Å². The van der Waals surface area contributed by atoms with Crippen molar-refractivity contribution < 1.29 is 21.1 Å². The summed E-state index contributed by atoms with van der Waals surface area (Å²) in [7, 11) is -4.60. The van der Waals surface area contributed by atoms with Crippen molar-refractivity contribution in [3.05, 3.63) is 0 Å². The van der Waals surface area contributed by atoms with Crippen LogP contribution in [0.1, 0.15) is 19.3 Å². The number of halogens is 3. The number of hydrogen-bond donors (Lipinski definition) is 0. The van der Waals surface area contributed by atoms with E-state index >= 15 is 0 Å². The van der Waals surface area contributed by atoms with Gasteiger partial charge in [-0.25, -0.2) is 8.78 Å². The van der Waals surface area contributed by atoms with Crippen molar-refractivity contribution in [1.29, 1.82) is 0 Å². The average Bonchev–Trinajstić information content (AvgIpc) is 1.46. The van der Waals surface area contributed by atoms with Crippen LogP contribution in [0.15, 0.2) is 0 Å². The normalized spacial score (nSPS) is 45.3. The maximum absolute atomic E-state index is 12.4.